The average Bonchev–Trinajstić information content (AvgIpc) is 2.53. The van der Waals surface area contributed by atoms with Crippen molar-refractivity contribution in [1.82, 2.24) is 0 Å². The van der Waals surface area contributed by atoms with E-state index in [0.717, 1.165) is 0 Å². The number of aromatic carboxylic acids is 1. The number of benzene rings is 1. The van der Waals surface area contributed by atoms with Crippen molar-refractivity contribution in [1.29, 1.82) is 0 Å². The van der Waals surface area contributed by atoms with Crippen LogP contribution in [0.5, 0.6) is 0 Å². The first-order valence-electron chi connectivity index (χ1n) is 7.07. The summed E-state index contributed by atoms with van der Waals surface area (Å²) in [5.41, 5.74) is -0.233. The molecule has 2 N–H and O–H groups in total. The Balaban J connectivity index is 2.69. The number of carbonyl (C=O) groups is 2. The van der Waals surface area contributed by atoms with E-state index >= 15 is 0 Å². The zero-order chi connectivity index (χ0) is 17.2. The molecule has 1 atom stereocenters. The molecule has 1 unspecified atom stereocenters. The Morgan fingerprint density at radius 2 is 1.87 bits per heavy atom. The molecule has 6 heteroatoms. The molecule has 0 saturated heterocycles. The molecule has 0 aliphatic rings. The average molecular weight is 320 g/mol. The lowest BCUT2D eigenvalue weighted by molar-refractivity contribution is 0.0242. The summed E-state index contributed by atoms with van der Waals surface area (Å²) in [7, 11) is 0. The number of carboxylic acid groups (broad SMARTS) is 1. The van der Waals surface area contributed by atoms with Crippen LogP contribution in [0.15, 0.2) is 49.3 Å². The highest BCUT2D eigenvalue weighted by Crippen LogP contribution is 2.16. The molecule has 1 aromatic rings. The van der Waals surface area contributed by atoms with Gasteiger partial charge in [-0.1, -0.05) is 24.8 Å². The number of rotatable bonds is 10. The molecular formula is C17H20O6. The highest BCUT2D eigenvalue weighted by Gasteiger charge is 2.22. The molecule has 0 aliphatic carbocycles. The minimum atomic E-state index is -1.23. The number of esters is 1. The van der Waals surface area contributed by atoms with Gasteiger partial charge in [0.05, 0.1) is 17.7 Å². The summed E-state index contributed by atoms with van der Waals surface area (Å²) in [6.07, 6.45) is 1.54. The molecule has 0 fully saturated rings. The van der Waals surface area contributed by atoms with Crippen LogP contribution in [-0.4, -0.2) is 41.5 Å². The van der Waals surface area contributed by atoms with Gasteiger partial charge in [-0.25, -0.2) is 9.59 Å². The molecule has 23 heavy (non-hydrogen) atoms. The van der Waals surface area contributed by atoms with Gasteiger partial charge in [0.2, 0.25) is 0 Å². The van der Waals surface area contributed by atoms with E-state index in [4.69, 9.17) is 14.6 Å². The smallest absolute Gasteiger partial charge is 0.339 e. The van der Waals surface area contributed by atoms with Crippen molar-refractivity contribution in [3.8, 4) is 0 Å². The van der Waals surface area contributed by atoms with E-state index < -0.39 is 18.0 Å². The van der Waals surface area contributed by atoms with E-state index in [1.165, 1.54) is 24.3 Å². The standard InChI is InChI=1S/C17H20O6/c1-3-10-22-11-6-9-15(12(2)18)23-17(21)14-8-5-4-7-13(14)16(19)20/h3-5,7-8,15,18H,1-2,6,9-11H2,(H,19,20). The van der Waals surface area contributed by atoms with Gasteiger partial charge in [0.25, 0.3) is 0 Å². The molecule has 0 saturated carbocycles. The number of carboxylic acids is 1. The molecule has 0 amide bonds. The predicted molar refractivity (Wildman–Crippen MR) is 84.6 cm³/mol. The monoisotopic (exact) mass is 320 g/mol. The van der Waals surface area contributed by atoms with Crippen molar-refractivity contribution >= 4 is 11.9 Å². The van der Waals surface area contributed by atoms with Crippen LogP contribution in [0.2, 0.25) is 0 Å². The van der Waals surface area contributed by atoms with Crippen LogP contribution >= 0.6 is 0 Å². The molecule has 0 bridgehead atoms. The van der Waals surface area contributed by atoms with Crippen molar-refractivity contribution in [2.24, 2.45) is 0 Å². The van der Waals surface area contributed by atoms with Crippen LogP contribution in [0, 0.1) is 0 Å². The summed E-state index contributed by atoms with van der Waals surface area (Å²) < 4.78 is 10.4. The molecule has 0 aliphatic heterocycles. The SMILES string of the molecule is C=CCOCCCC(OC(=O)c1ccccc1C(=O)O)C(=C)O. The highest BCUT2D eigenvalue weighted by molar-refractivity contribution is 6.02. The molecule has 1 rings (SSSR count). The van der Waals surface area contributed by atoms with Gasteiger partial charge >= 0.3 is 11.9 Å². The fourth-order valence-electron chi connectivity index (χ4n) is 1.87. The summed E-state index contributed by atoms with van der Waals surface area (Å²) in [6.45, 7) is 7.73. The predicted octanol–water partition coefficient (Wildman–Crippen LogP) is 2.96. The first-order valence-corrected chi connectivity index (χ1v) is 7.07. The Hall–Kier alpha value is -2.60. The van der Waals surface area contributed by atoms with Gasteiger partial charge in [-0.3, -0.25) is 0 Å². The Morgan fingerprint density at radius 3 is 2.43 bits per heavy atom. The van der Waals surface area contributed by atoms with Crippen molar-refractivity contribution in [2.75, 3.05) is 13.2 Å². The molecule has 0 radical (unpaired) electrons. The largest absolute Gasteiger partial charge is 0.509 e. The third-order valence-corrected chi connectivity index (χ3v) is 2.99. The second-order valence-corrected chi connectivity index (χ2v) is 4.74. The molecular weight excluding hydrogens is 300 g/mol. The van der Waals surface area contributed by atoms with Gasteiger partial charge in [-0.15, -0.1) is 6.58 Å². The van der Waals surface area contributed by atoms with Crippen LogP contribution < -0.4 is 0 Å². The molecule has 6 nitrogen and oxygen atoms in total. The molecule has 124 valence electrons. The molecule has 0 spiro atoms. The van der Waals surface area contributed by atoms with Crippen molar-refractivity contribution in [3.05, 3.63) is 60.4 Å². The van der Waals surface area contributed by atoms with Gasteiger partial charge < -0.3 is 19.7 Å². The van der Waals surface area contributed by atoms with Crippen molar-refractivity contribution < 1.29 is 29.3 Å². The van der Waals surface area contributed by atoms with Crippen LogP contribution in [0.25, 0.3) is 0 Å². The lowest BCUT2D eigenvalue weighted by Gasteiger charge is -2.17. The van der Waals surface area contributed by atoms with E-state index in [1.54, 1.807) is 6.08 Å². The van der Waals surface area contributed by atoms with E-state index in [1.807, 2.05) is 0 Å². The summed E-state index contributed by atoms with van der Waals surface area (Å²) in [6, 6.07) is 5.72. The number of aliphatic hydroxyl groups is 1. The minimum absolute atomic E-state index is 0.0749. The quantitative estimate of drug-likeness (QED) is 0.298. The summed E-state index contributed by atoms with van der Waals surface area (Å²) in [4.78, 5) is 23.3. The van der Waals surface area contributed by atoms with E-state index in [0.29, 0.717) is 26.1 Å². The number of hydrogen-bond acceptors (Lipinski definition) is 5. The molecule has 0 heterocycles. The van der Waals surface area contributed by atoms with E-state index in [2.05, 4.69) is 13.2 Å². The topological polar surface area (TPSA) is 93.1 Å². The minimum Gasteiger partial charge on any atom is -0.509 e. The van der Waals surface area contributed by atoms with Crippen LogP contribution in [0.4, 0.5) is 0 Å². The fraction of sp³-hybridized carbons (Fsp3) is 0.294. The Kier molecular flexibility index (Phi) is 7.56. The van der Waals surface area contributed by atoms with Gasteiger partial charge in [0.1, 0.15) is 5.76 Å². The molecule has 0 aromatic heterocycles. The first kappa shape index (κ1) is 18.4. The third-order valence-electron chi connectivity index (χ3n) is 2.99. The zero-order valence-corrected chi connectivity index (χ0v) is 12.7. The third kappa shape index (κ3) is 5.96. The second-order valence-electron chi connectivity index (χ2n) is 4.74. The Bertz CT molecular complexity index is 578. The number of carbonyl (C=O) groups excluding carboxylic acids is 1. The summed E-state index contributed by atoms with van der Waals surface area (Å²) >= 11 is 0. The maximum Gasteiger partial charge on any atom is 0.339 e. The Morgan fingerprint density at radius 1 is 1.22 bits per heavy atom. The first-order chi connectivity index (χ1) is 11.0. The van der Waals surface area contributed by atoms with E-state index in [9.17, 15) is 14.7 Å². The summed E-state index contributed by atoms with van der Waals surface area (Å²) in [5, 5.41) is 18.6. The van der Waals surface area contributed by atoms with Crippen molar-refractivity contribution in [3.63, 3.8) is 0 Å². The van der Waals surface area contributed by atoms with Crippen LogP contribution in [0.1, 0.15) is 33.6 Å². The maximum atomic E-state index is 12.1. The zero-order valence-electron chi connectivity index (χ0n) is 12.7. The lowest BCUT2D eigenvalue weighted by atomic mass is 10.1. The van der Waals surface area contributed by atoms with Gasteiger partial charge in [0, 0.05) is 6.61 Å². The van der Waals surface area contributed by atoms with E-state index in [-0.39, 0.29) is 16.9 Å². The van der Waals surface area contributed by atoms with Crippen molar-refractivity contribution in [2.45, 2.75) is 18.9 Å². The lowest BCUT2D eigenvalue weighted by Crippen LogP contribution is -2.22. The maximum absolute atomic E-state index is 12.1. The number of ether oxygens (including phenoxy) is 2. The van der Waals surface area contributed by atoms with Gasteiger partial charge in [-0.05, 0) is 25.0 Å². The normalized spacial score (nSPS) is 11.5. The van der Waals surface area contributed by atoms with Crippen LogP contribution in [-0.2, 0) is 9.47 Å². The number of hydrogen-bond donors (Lipinski definition) is 2. The van der Waals surface area contributed by atoms with Gasteiger partial charge in [-0.2, -0.15) is 0 Å². The fourth-order valence-corrected chi connectivity index (χ4v) is 1.87. The number of aliphatic hydroxyl groups excluding tert-OH is 1. The molecule has 1 aromatic carbocycles. The highest BCUT2D eigenvalue weighted by atomic mass is 16.6. The van der Waals surface area contributed by atoms with Gasteiger partial charge in [0.15, 0.2) is 6.10 Å². The Labute approximate surface area is 134 Å². The second kappa shape index (κ2) is 9.42. The summed E-state index contributed by atoms with van der Waals surface area (Å²) in [5.74, 6) is -2.35. The van der Waals surface area contributed by atoms with Crippen LogP contribution in [0.3, 0.4) is 0 Å².